The summed E-state index contributed by atoms with van der Waals surface area (Å²) in [5, 5.41) is 5.38. The van der Waals surface area contributed by atoms with Crippen LogP contribution in [0.4, 0.5) is 36.8 Å². The molecule has 0 N–H and O–H groups in total. The number of anilines is 1. The van der Waals surface area contributed by atoms with E-state index in [2.05, 4.69) is 5.10 Å². The standard InChI is InChI=1S/C21H15F6N3O2/c1-11-16-10-32-17-9-13(21(25,26)27)5-8-15(17)18(16)28-30(11)19(31)29(2)14-6-3-12(4-7-14)20(22,23)24/h3-11H,1-2H3/t11-/m1/s1. The molecule has 168 valence electrons. The number of nitrogens with zero attached hydrogens (tertiary/aromatic N) is 3. The molecule has 11 heteroatoms. The smallest absolute Gasteiger partial charge is 0.416 e. The second-order valence-electron chi connectivity index (χ2n) is 7.26. The van der Waals surface area contributed by atoms with Gasteiger partial charge in [-0.2, -0.15) is 31.4 Å². The van der Waals surface area contributed by atoms with Gasteiger partial charge in [-0.05, 0) is 49.4 Å². The van der Waals surface area contributed by atoms with Gasteiger partial charge in [0.1, 0.15) is 11.5 Å². The lowest BCUT2D eigenvalue weighted by Crippen LogP contribution is -2.41. The molecule has 4 rings (SSSR count). The minimum atomic E-state index is -4.54. The highest BCUT2D eigenvalue weighted by atomic mass is 19.4. The summed E-state index contributed by atoms with van der Waals surface area (Å²) in [7, 11) is 1.38. The first kappa shape index (κ1) is 21.7. The summed E-state index contributed by atoms with van der Waals surface area (Å²) in [4.78, 5) is 14.1. The Morgan fingerprint density at radius 1 is 1.00 bits per heavy atom. The second kappa shape index (κ2) is 7.28. The molecule has 0 bridgehead atoms. The molecule has 0 saturated carbocycles. The van der Waals surface area contributed by atoms with Crippen molar-refractivity contribution in [1.29, 1.82) is 0 Å². The quantitative estimate of drug-likeness (QED) is 0.521. The summed E-state index contributed by atoms with van der Waals surface area (Å²) in [6.45, 7) is 1.65. The van der Waals surface area contributed by atoms with E-state index in [0.29, 0.717) is 16.8 Å². The van der Waals surface area contributed by atoms with Crippen molar-refractivity contribution in [3.05, 3.63) is 71.0 Å². The van der Waals surface area contributed by atoms with Crippen molar-refractivity contribution >= 4 is 17.4 Å². The average molecular weight is 455 g/mol. The Hall–Kier alpha value is -3.50. The molecule has 5 nitrogen and oxygen atoms in total. The molecular formula is C21H15F6N3O2. The number of amides is 2. The predicted molar refractivity (Wildman–Crippen MR) is 103 cm³/mol. The Morgan fingerprint density at radius 3 is 2.19 bits per heavy atom. The number of urea groups is 1. The average Bonchev–Trinajstić information content (AvgIpc) is 3.08. The first-order valence-corrected chi connectivity index (χ1v) is 9.29. The molecule has 0 radical (unpaired) electrons. The summed E-state index contributed by atoms with van der Waals surface area (Å²) >= 11 is 0. The number of hydrogen-bond donors (Lipinski definition) is 0. The van der Waals surface area contributed by atoms with E-state index >= 15 is 0 Å². The number of fused-ring (bicyclic) bond motifs is 3. The van der Waals surface area contributed by atoms with Gasteiger partial charge in [-0.15, -0.1) is 0 Å². The van der Waals surface area contributed by atoms with E-state index in [1.807, 2.05) is 0 Å². The van der Waals surface area contributed by atoms with Crippen LogP contribution in [0.25, 0.3) is 0 Å². The lowest BCUT2D eigenvalue weighted by molar-refractivity contribution is -0.138. The van der Waals surface area contributed by atoms with E-state index in [4.69, 9.17) is 4.74 Å². The van der Waals surface area contributed by atoms with Gasteiger partial charge < -0.3 is 4.74 Å². The highest BCUT2D eigenvalue weighted by Crippen LogP contribution is 2.39. The van der Waals surface area contributed by atoms with E-state index < -0.39 is 35.6 Å². The van der Waals surface area contributed by atoms with Crippen LogP contribution in [0.15, 0.2) is 59.4 Å². The predicted octanol–water partition coefficient (Wildman–Crippen LogP) is 5.67. The fourth-order valence-corrected chi connectivity index (χ4v) is 3.41. The molecule has 0 aromatic heterocycles. The normalized spacial score (nSPS) is 17.8. The van der Waals surface area contributed by atoms with Crippen LogP contribution >= 0.6 is 0 Å². The highest BCUT2D eigenvalue weighted by Gasteiger charge is 2.39. The van der Waals surface area contributed by atoms with Gasteiger partial charge in [0.15, 0.2) is 0 Å². The lowest BCUT2D eigenvalue weighted by atomic mass is 9.96. The molecule has 2 aromatic rings. The zero-order valence-corrected chi connectivity index (χ0v) is 16.6. The minimum Gasteiger partial charge on any atom is -0.464 e. The van der Waals surface area contributed by atoms with E-state index in [1.165, 1.54) is 19.4 Å². The van der Waals surface area contributed by atoms with E-state index in [1.54, 1.807) is 6.92 Å². The molecule has 2 aromatic carbocycles. The Kier molecular flexibility index (Phi) is 4.94. The fraction of sp³-hybridized carbons (Fsp3) is 0.238. The minimum absolute atomic E-state index is 0.0417. The van der Waals surface area contributed by atoms with Gasteiger partial charge in [0.2, 0.25) is 0 Å². The van der Waals surface area contributed by atoms with Gasteiger partial charge in [0.05, 0.1) is 23.4 Å². The number of carbonyl (C=O) groups excluding carboxylic acids is 1. The maximum Gasteiger partial charge on any atom is 0.416 e. The molecule has 0 fully saturated rings. The third-order valence-corrected chi connectivity index (χ3v) is 5.24. The van der Waals surface area contributed by atoms with Crippen LogP contribution in [0.2, 0.25) is 0 Å². The van der Waals surface area contributed by atoms with Gasteiger partial charge in [-0.1, -0.05) is 0 Å². The number of alkyl halides is 6. The van der Waals surface area contributed by atoms with Crippen LogP contribution in [0.3, 0.4) is 0 Å². The molecule has 32 heavy (non-hydrogen) atoms. The van der Waals surface area contributed by atoms with Gasteiger partial charge in [-0.25, -0.2) is 9.80 Å². The number of rotatable bonds is 1. The Morgan fingerprint density at radius 2 is 1.59 bits per heavy atom. The van der Waals surface area contributed by atoms with E-state index in [0.717, 1.165) is 46.3 Å². The molecule has 2 heterocycles. The lowest BCUT2D eigenvalue weighted by Gasteiger charge is -2.26. The molecule has 0 saturated heterocycles. The fourth-order valence-electron chi connectivity index (χ4n) is 3.41. The maximum atomic E-state index is 13.0. The third kappa shape index (κ3) is 3.67. The number of carbonyl (C=O) groups is 1. The van der Waals surface area contributed by atoms with Crippen molar-refractivity contribution in [2.45, 2.75) is 25.3 Å². The zero-order valence-electron chi connectivity index (χ0n) is 16.6. The van der Waals surface area contributed by atoms with Crippen LogP contribution in [-0.4, -0.2) is 29.8 Å². The van der Waals surface area contributed by atoms with Crippen LogP contribution in [0.5, 0.6) is 5.75 Å². The second-order valence-corrected chi connectivity index (χ2v) is 7.26. The van der Waals surface area contributed by atoms with Gasteiger partial charge in [0.25, 0.3) is 0 Å². The third-order valence-electron chi connectivity index (χ3n) is 5.24. The summed E-state index contributed by atoms with van der Waals surface area (Å²) in [5.41, 5.74) is -0.427. The van der Waals surface area contributed by atoms with E-state index in [9.17, 15) is 31.1 Å². The molecule has 2 aliphatic heterocycles. The van der Waals surface area contributed by atoms with Crippen LogP contribution in [0.1, 0.15) is 23.6 Å². The number of ether oxygens (including phenoxy) is 1. The van der Waals surface area contributed by atoms with Crippen LogP contribution in [-0.2, 0) is 12.4 Å². The maximum absolute atomic E-state index is 13.0. The van der Waals surface area contributed by atoms with Gasteiger partial charge in [-0.3, -0.25) is 4.90 Å². The van der Waals surface area contributed by atoms with Gasteiger partial charge in [0, 0.05) is 23.9 Å². The van der Waals surface area contributed by atoms with Crippen molar-refractivity contribution in [2.24, 2.45) is 5.10 Å². The molecule has 2 aliphatic rings. The molecule has 1 atom stereocenters. The van der Waals surface area contributed by atoms with Crippen molar-refractivity contribution < 1.29 is 35.9 Å². The van der Waals surface area contributed by atoms with Crippen molar-refractivity contribution in [3.63, 3.8) is 0 Å². The molecule has 2 amide bonds. The summed E-state index contributed by atoms with van der Waals surface area (Å²) < 4.78 is 82.6. The zero-order chi connectivity index (χ0) is 23.4. The summed E-state index contributed by atoms with van der Waals surface area (Å²) in [6, 6.07) is 5.80. The monoisotopic (exact) mass is 455 g/mol. The first-order valence-electron chi connectivity index (χ1n) is 9.29. The number of halogens is 6. The van der Waals surface area contributed by atoms with Crippen LogP contribution < -0.4 is 9.64 Å². The van der Waals surface area contributed by atoms with E-state index in [-0.39, 0.29) is 11.4 Å². The highest BCUT2D eigenvalue weighted by molar-refractivity contribution is 6.17. The summed E-state index contributed by atoms with van der Waals surface area (Å²) in [5.74, 6) is -0.0417. The molecule has 0 spiro atoms. The number of hydrazone groups is 1. The number of hydrogen-bond acceptors (Lipinski definition) is 3. The van der Waals surface area contributed by atoms with Crippen LogP contribution in [0, 0.1) is 0 Å². The Labute approximate surface area is 178 Å². The molecular weight excluding hydrogens is 440 g/mol. The Bertz CT molecular complexity index is 1140. The first-order chi connectivity index (χ1) is 14.9. The molecule has 0 unspecified atom stereocenters. The Balaban J connectivity index is 1.62. The molecule has 0 aliphatic carbocycles. The number of benzene rings is 2. The summed E-state index contributed by atoms with van der Waals surface area (Å²) in [6.07, 6.45) is -7.80. The van der Waals surface area contributed by atoms with Gasteiger partial charge >= 0.3 is 18.4 Å². The van der Waals surface area contributed by atoms with Crippen molar-refractivity contribution in [3.8, 4) is 5.75 Å². The van der Waals surface area contributed by atoms with Crippen molar-refractivity contribution in [2.75, 3.05) is 11.9 Å². The SMILES string of the molecule is C[C@@H]1C2=COc3cc(C(F)(F)F)ccc3C2=NN1C(=O)N(C)c1ccc(C(F)(F)F)cc1. The topological polar surface area (TPSA) is 45.1 Å². The van der Waals surface area contributed by atoms with Crippen molar-refractivity contribution in [1.82, 2.24) is 5.01 Å². The largest absolute Gasteiger partial charge is 0.464 e.